The molecule has 4 aromatic rings. The summed E-state index contributed by atoms with van der Waals surface area (Å²) in [6, 6.07) is 19.4. The van der Waals surface area contributed by atoms with E-state index < -0.39 is 11.7 Å². The molecule has 7 heteroatoms. The van der Waals surface area contributed by atoms with E-state index in [2.05, 4.69) is 15.3 Å². The zero-order valence-electron chi connectivity index (χ0n) is 14.3. The maximum Gasteiger partial charge on any atom is 0.416 e. The van der Waals surface area contributed by atoms with Gasteiger partial charge in [0.15, 0.2) is 5.82 Å². The number of benzene rings is 3. The Morgan fingerprint density at radius 2 is 1.57 bits per heavy atom. The number of nitrogens with zero attached hydrogens (tertiary/aromatic N) is 2. The van der Waals surface area contributed by atoms with Crippen molar-refractivity contribution < 1.29 is 13.2 Å². The lowest BCUT2D eigenvalue weighted by molar-refractivity contribution is -0.137. The van der Waals surface area contributed by atoms with Crippen LogP contribution in [-0.2, 0) is 6.18 Å². The molecule has 0 aliphatic carbocycles. The van der Waals surface area contributed by atoms with Crippen LogP contribution >= 0.6 is 11.6 Å². The molecule has 140 valence electrons. The molecule has 3 nitrogen and oxygen atoms in total. The zero-order chi connectivity index (χ0) is 19.7. The molecule has 4 rings (SSSR count). The Morgan fingerprint density at radius 3 is 2.36 bits per heavy atom. The van der Waals surface area contributed by atoms with Gasteiger partial charge in [-0.2, -0.15) is 13.2 Å². The van der Waals surface area contributed by atoms with Gasteiger partial charge in [0.05, 0.1) is 16.1 Å². The number of fused-ring (bicyclic) bond motifs is 1. The van der Waals surface area contributed by atoms with Crippen LogP contribution in [0.2, 0.25) is 5.02 Å². The fourth-order valence-electron chi connectivity index (χ4n) is 2.84. The van der Waals surface area contributed by atoms with E-state index in [1.165, 1.54) is 6.07 Å². The molecule has 0 unspecified atom stereocenters. The van der Waals surface area contributed by atoms with Gasteiger partial charge in [-0.25, -0.2) is 9.97 Å². The maximum absolute atomic E-state index is 13.0. The van der Waals surface area contributed by atoms with Crippen LogP contribution < -0.4 is 5.32 Å². The van der Waals surface area contributed by atoms with E-state index in [0.717, 1.165) is 12.1 Å². The van der Waals surface area contributed by atoms with Crippen LogP contribution in [0.25, 0.3) is 22.3 Å². The summed E-state index contributed by atoms with van der Waals surface area (Å²) in [7, 11) is 0. The second-order valence-corrected chi connectivity index (χ2v) is 6.50. The normalized spacial score (nSPS) is 11.6. The van der Waals surface area contributed by atoms with E-state index >= 15 is 0 Å². The van der Waals surface area contributed by atoms with Gasteiger partial charge in [0.2, 0.25) is 0 Å². The summed E-state index contributed by atoms with van der Waals surface area (Å²) in [6.45, 7) is 0. The Morgan fingerprint density at radius 1 is 0.821 bits per heavy atom. The summed E-state index contributed by atoms with van der Waals surface area (Å²) in [5.74, 6) is 0.790. The van der Waals surface area contributed by atoms with Gasteiger partial charge in [-0.1, -0.05) is 41.9 Å². The predicted octanol–water partition coefficient (Wildman–Crippen LogP) is 6.71. The number of rotatable bonds is 3. The molecular formula is C21H13ClF3N3. The third kappa shape index (κ3) is 3.64. The quantitative estimate of drug-likeness (QED) is 0.416. The van der Waals surface area contributed by atoms with Crippen LogP contribution in [0.15, 0.2) is 72.8 Å². The highest BCUT2D eigenvalue weighted by molar-refractivity contribution is 6.33. The second kappa shape index (κ2) is 7.13. The van der Waals surface area contributed by atoms with Gasteiger partial charge >= 0.3 is 6.18 Å². The number of aromatic nitrogens is 2. The van der Waals surface area contributed by atoms with Gasteiger partial charge in [0.1, 0.15) is 5.82 Å². The van der Waals surface area contributed by atoms with Gasteiger partial charge in [0, 0.05) is 16.6 Å². The van der Waals surface area contributed by atoms with Crippen molar-refractivity contribution in [3.05, 3.63) is 83.4 Å². The average molecular weight is 400 g/mol. The number of anilines is 2. The van der Waals surface area contributed by atoms with Crippen molar-refractivity contribution in [3.8, 4) is 11.4 Å². The monoisotopic (exact) mass is 399 g/mol. The van der Waals surface area contributed by atoms with E-state index in [4.69, 9.17) is 11.6 Å². The first-order valence-electron chi connectivity index (χ1n) is 8.38. The van der Waals surface area contributed by atoms with Gasteiger partial charge in [-0.3, -0.25) is 0 Å². The molecule has 0 atom stereocenters. The van der Waals surface area contributed by atoms with Gasteiger partial charge in [0.25, 0.3) is 0 Å². The molecule has 1 heterocycles. The lowest BCUT2D eigenvalue weighted by Crippen LogP contribution is -2.06. The highest BCUT2D eigenvalue weighted by Crippen LogP contribution is 2.33. The van der Waals surface area contributed by atoms with Gasteiger partial charge < -0.3 is 5.32 Å². The fourth-order valence-corrected chi connectivity index (χ4v) is 3.07. The van der Waals surface area contributed by atoms with E-state index in [-0.39, 0.29) is 5.69 Å². The number of para-hydroxylation sites is 1. The molecule has 0 aliphatic heterocycles. The van der Waals surface area contributed by atoms with Crippen LogP contribution in [0.1, 0.15) is 5.56 Å². The minimum atomic E-state index is -4.42. The molecule has 0 amide bonds. The van der Waals surface area contributed by atoms with Crippen LogP contribution in [0.3, 0.4) is 0 Å². The van der Waals surface area contributed by atoms with Crippen molar-refractivity contribution in [2.24, 2.45) is 0 Å². The van der Waals surface area contributed by atoms with Crippen molar-refractivity contribution >= 4 is 34.0 Å². The largest absolute Gasteiger partial charge is 0.416 e. The summed E-state index contributed by atoms with van der Waals surface area (Å²) in [6.07, 6.45) is -4.42. The summed E-state index contributed by atoms with van der Waals surface area (Å²) >= 11 is 6.27. The third-order valence-electron chi connectivity index (χ3n) is 4.17. The van der Waals surface area contributed by atoms with E-state index in [1.807, 2.05) is 30.3 Å². The van der Waals surface area contributed by atoms with Crippen LogP contribution in [0, 0.1) is 0 Å². The molecular weight excluding hydrogens is 387 g/mol. The van der Waals surface area contributed by atoms with Crippen LogP contribution in [0.5, 0.6) is 0 Å². The molecule has 0 bridgehead atoms. The first kappa shape index (κ1) is 18.3. The number of hydrogen-bond acceptors (Lipinski definition) is 3. The fraction of sp³-hybridized carbons (Fsp3) is 0.0476. The zero-order valence-corrected chi connectivity index (χ0v) is 15.1. The Kier molecular flexibility index (Phi) is 4.65. The number of hydrogen-bond donors (Lipinski definition) is 1. The summed E-state index contributed by atoms with van der Waals surface area (Å²) < 4.78 is 39.1. The molecule has 0 radical (unpaired) electrons. The lowest BCUT2D eigenvalue weighted by Gasteiger charge is -2.13. The Labute approximate surface area is 163 Å². The molecule has 0 saturated heterocycles. The van der Waals surface area contributed by atoms with E-state index in [9.17, 15) is 13.2 Å². The topological polar surface area (TPSA) is 37.8 Å². The highest BCUT2D eigenvalue weighted by atomic mass is 35.5. The Bertz CT molecular complexity index is 1160. The second-order valence-electron chi connectivity index (χ2n) is 6.10. The molecule has 0 aliphatic rings. The van der Waals surface area contributed by atoms with Crippen molar-refractivity contribution in [1.29, 1.82) is 0 Å². The van der Waals surface area contributed by atoms with Crippen LogP contribution in [0.4, 0.5) is 24.7 Å². The van der Waals surface area contributed by atoms with E-state index in [0.29, 0.717) is 33.1 Å². The number of nitrogens with one attached hydrogen (secondary N) is 1. The first-order chi connectivity index (χ1) is 13.4. The van der Waals surface area contributed by atoms with Gasteiger partial charge in [-0.15, -0.1) is 0 Å². The number of alkyl halides is 3. The van der Waals surface area contributed by atoms with Crippen molar-refractivity contribution in [2.75, 3.05) is 5.32 Å². The summed E-state index contributed by atoms with van der Waals surface area (Å²) in [5, 5.41) is 4.17. The summed E-state index contributed by atoms with van der Waals surface area (Å²) in [4.78, 5) is 9.08. The lowest BCUT2D eigenvalue weighted by atomic mass is 10.1. The molecule has 1 N–H and O–H groups in total. The van der Waals surface area contributed by atoms with E-state index in [1.54, 1.807) is 24.3 Å². The Balaban J connectivity index is 1.84. The molecule has 0 spiro atoms. The number of halogens is 4. The summed E-state index contributed by atoms with van der Waals surface area (Å²) in [5.41, 5.74) is 0.842. The highest BCUT2D eigenvalue weighted by Gasteiger charge is 2.30. The van der Waals surface area contributed by atoms with Crippen LogP contribution in [-0.4, -0.2) is 9.97 Å². The van der Waals surface area contributed by atoms with Crippen molar-refractivity contribution in [2.45, 2.75) is 6.18 Å². The minimum Gasteiger partial charge on any atom is -0.340 e. The van der Waals surface area contributed by atoms with Gasteiger partial charge in [-0.05, 0) is 42.5 Å². The molecule has 28 heavy (non-hydrogen) atoms. The standard InChI is InChI=1S/C21H13ClF3N3/c22-17-10-3-1-8-15(17)19-27-18-11-4-2-9-16(18)20(28-19)26-14-7-5-6-13(12-14)21(23,24)25/h1-12H,(H,26,27,28). The smallest absolute Gasteiger partial charge is 0.340 e. The first-order valence-corrected chi connectivity index (χ1v) is 8.75. The average Bonchev–Trinajstić information content (AvgIpc) is 2.68. The van der Waals surface area contributed by atoms with Crippen molar-refractivity contribution in [3.63, 3.8) is 0 Å². The maximum atomic E-state index is 13.0. The molecule has 1 aromatic heterocycles. The third-order valence-corrected chi connectivity index (χ3v) is 4.50. The van der Waals surface area contributed by atoms with Crippen molar-refractivity contribution in [1.82, 2.24) is 9.97 Å². The Hall–Kier alpha value is -3.12. The predicted molar refractivity (Wildman–Crippen MR) is 105 cm³/mol. The molecule has 0 fully saturated rings. The molecule has 3 aromatic carbocycles. The minimum absolute atomic E-state index is 0.281. The SMILES string of the molecule is FC(F)(F)c1cccc(Nc2nc(-c3ccccc3Cl)nc3ccccc23)c1. The molecule has 0 saturated carbocycles.